The molecule has 1 aromatic carbocycles. The Kier molecular flexibility index (Phi) is 7.72. The highest BCUT2D eigenvalue weighted by atomic mass is 35.5. The molecule has 4 heteroatoms. The van der Waals surface area contributed by atoms with Gasteiger partial charge in [-0.05, 0) is 11.5 Å². The van der Waals surface area contributed by atoms with Crippen LogP contribution < -0.4 is 5.73 Å². The number of carbonyl (C=O) groups excluding carboxylic acids is 1. The van der Waals surface area contributed by atoms with E-state index in [1.807, 2.05) is 37.1 Å². The topological polar surface area (TPSA) is 46.3 Å². The summed E-state index contributed by atoms with van der Waals surface area (Å²) >= 11 is 0. The van der Waals surface area contributed by atoms with Crippen LogP contribution in [0.5, 0.6) is 0 Å². The molecule has 0 aliphatic rings. The first-order valence-electron chi connectivity index (χ1n) is 6.50. The third-order valence-corrected chi connectivity index (χ3v) is 3.31. The molecule has 3 nitrogen and oxygen atoms in total. The molecule has 0 aliphatic heterocycles. The molecule has 0 aromatic heterocycles. The molecular weight excluding hydrogens is 260 g/mol. The average molecular weight is 285 g/mol. The third-order valence-electron chi connectivity index (χ3n) is 3.31. The molecule has 0 fully saturated rings. The fourth-order valence-corrected chi connectivity index (χ4v) is 2.29. The van der Waals surface area contributed by atoms with Gasteiger partial charge >= 0.3 is 0 Å². The molecule has 1 rings (SSSR count). The molecule has 0 spiro atoms. The van der Waals surface area contributed by atoms with E-state index >= 15 is 0 Å². The van der Waals surface area contributed by atoms with Gasteiger partial charge in [0.2, 0.25) is 5.91 Å². The van der Waals surface area contributed by atoms with Crippen molar-refractivity contribution in [2.45, 2.75) is 26.8 Å². The molecule has 0 heterocycles. The fourth-order valence-electron chi connectivity index (χ4n) is 2.29. The van der Waals surface area contributed by atoms with Gasteiger partial charge in [0.25, 0.3) is 0 Å². The van der Waals surface area contributed by atoms with Crippen LogP contribution in [0.25, 0.3) is 0 Å². The van der Waals surface area contributed by atoms with Crippen LogP contribution in [0, 0.1) is 11.8 Å². The van der Waals surface area contributed by atoms with Gasteiger partial charge in [0.1, 0.15) is 0 Å². The van der Waals surface area contributed by atoms with E-state index in [4.69, 9.17) is 5.73 Å². The predicted molar refractivity (Wildman–Crippen MR) is 82.3 cm³/mol. The number of nitrogens with zero attached hydrogens (tertiary/aromatic N) is 1. The SMILES string of the molecule is CC(CN)C(=O)N(C)C(c1ccccc1)C(C)C.Cl. The van der Waals surface area contributed by atoms with Gasteiger partial charge in [-0.3, -0.25) is 4.79 Å². The maximum atomic E-state index is 12.2. The Labute approximate surface area is 122 Å². The summed E-state index contributed by atoms with van der Waals surface area (Å²) in [6.45, 7) is 6.53. The van der Waals surface area contributed by atoms with Crippen LogP contribution in [-0.2, 0) is 4.79 Å². The van der Waals surface area contributed by atoms with Gasteiger partial charge in [-0.1, -0.05) is 51.1 Å². The van der Waals surface area contributed by atoms with Crippen LogP contribution in [0.1, 0.15) is 32.4 Å². The van der Waals surface area contributed by atoms with Crippen molar-refractivity contribution in [3.8, 4) is 0 Å². The monoisotopic (exact) mass is 284 g/mol. The Balaban J connectivity index is 0.00000324. The van der Waals surface area contributed by atoms with Crippen molar-refractivity contribution in [2.75, 3.05) is 13.6 Å². The van der Waals surface area contributed by atoms with Crippen LogP contribution in [-0.4, -0.2) is 24.4 Å². The molecule has 2 N–H and O–H groups in total. The smallest absolute Gasteiger partial charge is 0.226 e. The second-order valence-electron chi connectivity index (χ2n) is 5.19. The van der Waals surface area contributed by atoms with Gasteiger partial charge in [0.15, 0.2) is 0 Å². The minimum atomic E-state index is -0.125. The van der Waals surface area contributed by atoms with E-state index in [0.29, 0.717) is 12.5 Å². The highest BCUT2D eigenvalue weighted by molar-refractivity contribution is 5.85. The molecule has 108 valence electrons. The summed E-state index contributed by atoms with van der Waals surface area (Å²) in [5.74, 6) is 0.353. The van der Waals surface area contributed by atoms with Gasteiger partial charge in [0.05, 0.1) is 6.04 Å². The highest BCUT2D eigenvalue weighted by Crippen LogP contribution is 2.28. The average Bonchev–Trinajstić information content (AvgIpc) is 2.37. The summed E-state index contributed by atoms with van der Waals surface area (Å²) < 4.78 is 0. The lowest BCUT2D eigenvalue weighted by molar-refractivity contribution is -0.136. The first kappa shape index (κ1) is 17.9. The van der Waals surface area contributed by atoms with Crippen LogP contribution in [0.15, 0.2) is 30.3 Å². The summed E-state index contributed by atoms with van der Waals surface area (Å²) in [6.07, 6.45) is 0. The first-order chi connectivity index (χ1) is 8.49. The fraction of sp³-hybridized carbons (Fsp3) is 0.533. The number of rotatable bonds is 5. The number of amides is 1. The molecular formula is C15H25ClN2O. The maximum absolute atomic E-state index is 12.2. The van der Waals surface area contributed by atoms with Gasteiger partial charge in [-0.15, -0.1) is 12.4 Å². The number of hydrogen-bond donors (Lipinski definition) is 1. The van der Waals surface area contributed by atoms with Crippen molar-refractivity contribution in [1.82, 2.24) is 4.90 Å². The third kappa shape index (κ3) is 4.51. The van der Waals surface area contributed by atoms with Crippen molar-refractivity contribution in [3.05, 3.63) is 35.9 Å². The van der Waals surface area contributed by atoms with E-state index in [1.165, 1.54) is 5.56 Å². The normalized spacial score (nSPS) is 13.6. The minimum Gasteiger partial charge on any atom is -0.338 e. The van der Waals surface area contributed by atoms with Gasteiger partial charge in [0, 0.05) is 19.5 Å². The zero-order valence-corrected chi connectivity index (χ0v) is 13.0. The quantitative estimate of drug-likeness (QED) is 0.904. The molecule has 2 unspecified atom stereocenters. The molecule has 1 amide bonds. The molecule has 0 saturated carbocycles. The highest BCUT2D eigenvalue weighted by Gasteiger charge is 2.26. The lowest BCUT2D eigenvalue weighted by atomic mass is 9.94. The van der Waals surface area contributed by atoms with E-state index in [-0.39, 0.29) is 30.3 Å². The van der Waals surface area contributed by atoms with E-state index in [1.54, 1.807) is 0 Å². The minimum absolute atomic E-state index is 0. The van der Waals surface area contributed by atoms with E-state index in [0.717, 1.165) is 0 Å². The molecule has 2 atom stereocenters. The Morgan fingerprint density at radius 1 is 1.21 bits per heavy atom. The van der Waals surface area contributed by atoms with E-state index in [9.17, 15) is 4.79 Å². The van der Waals surface area contributed by atoms with Crippen molar-refractivity contribution < 1.29 is 4.79 Å². The number of carbonyl (C=O) groups is 1. The zero-order chi connectivity index (χ0) is 13.7. The van der Waals surface area contributed by atoms with Gasteiger partial charge in [-0.2, -0.15) is 0 Å². The molecule has 0 saturated heterocycles. The molecule has 0 bridgehead atoms. The van der Waals surface area contributed by atoms with Crippen molar-refractivity contribution in [2.24, 2.45) is 17.6 Å². The summed E-state index contributed by atoms with van der Waals surface area (Å²) in [7, 11) is 1.87. The van der Waals surface area contributed by atoms with Crippen LogP contribution in [0.2, 0.25) is 0 Å². The lowest BCUT2D eigenvalue weighted by Crippen LogP contribution is -2.39. The maximum Gasteiger partial charge on any atom is 0.226 e. The standard InChI is InChI=1S/C15H24N2O.ClH/c1-11(2)14(13-8-6-5-7-9-13)17(4)15(18)12(3)10-16;/h5-9,11-12,14H,10,16H2,1-4H3;1H. The Bertz CT molecular complexity index is 381. The summed E-state index contributed by atoms with van der Waals surface area (Å²) in [5, 5.41) is 0. The zero-order valence-electron chi connectivity index (χ0n) is 12.2. The largest absolute Gasteiger partial charge is 0.338 e. The Hall–Kier alpha value is -1.06. The number of nitrogens with two attached hydrogens (primary N) is 1. The van der Waals surface area contributed by atoms with Crippen LogP contribution >= 0.6 is 12.4 Å². The first-order valence-corrected chi connectivity index (χ1v) is 6.50. The summed E-state index contributed by atoms with van der Waals surface area (Å²) in [5.41, 5.74) is 6.75. The van der Waals surface area contributed by atoms with Crippen LogP contribution in [0.3, 0.4) is 0 Å². The Morgan fingerprint density at radius 2 is 1.74 bits per heavy atom. The number of benzene rings is 1. The molecule has 0 aliphatic carbocycles. The lowest BCUT2D eigenvalue weighted by Gasteiger charge is -2.33. The second kappa shape index (κ2) is 8.18. The predicted octanol–water partition coefficient (Wildman–Crippen LogP) is 2.86. The van der Waals surface area contributed by atoms with Crippen molar-refractivity contribution >= 4 is 18.3 Å². The van der Waals surface area contributed by atoms with Crippen molar-refractivity contribution in [3.63, 3.8) is 0 Å². The van der Waals surface area contributed by atoms with Crippen molar-refractivity contribution in [1.29, 1.82) is 0 Å². The van der Waals surface area contributed by atoms with Gasteiger partial charge in [-0.25, -0.2) is 0 Å². The Morgan fingerprint density at radius 3 is 2.16 bits per heavy atom. The number of hydrogen-bond acceptors (Lipinski definition) is 2. The van der Waals surface area contributed by atoms with Crippen LogP contribution in [0.4, 0.5) is 0 Å². The second-order valence-corrected chi connectivity index (χ2v) is 5.19. The molecule has 1 aromatic rings. The van der Waals surface area contributed by atoms with Gasteiger partial charge < -0.3 is 10.6 Å². The summed E-state index contributed by atoms with van der Waals surface area (Å²) in [6, 6.07) is 10.3. The van der Waals surface area contributed by atoms with E-state index < -0.39 is 0 Å². The number of halogens is 1. The van der Waals surface area contributed by atoms with E-state index in [2.05, 4.69) is 26.0 Å². The summed E-state index contributed by atoms with van der Waals surface area (Å²) in [4.78, 5) is 14.1. The molecule has 19 heavy (non-hydrogen) atoms. The molecule has 0 radical (unpaired) electrons.